The molecule has 2 nitrogen and oxygen atoms in total. The summed E-state index contributed by atoms with van der Waals surface area (Å²) in [7, 11) is 1.83. The summed E-state index contributed by atoms with van der Waals surface area (Å²) in [5, 5.41) is 0. The average Bonchev–Trinajstić information content (AvgIpc) is 2.84. The van der Waals surface area contributed by atoms with Crippen molar-refractivity contribution >= 4 is 8.56 Å². The van der Waals surface area contributed by atoms with Crippen LogP contribution >= 0.6 is 0 Å². The van der Waals surface area contributed by atoms with Crippen LogP contribution in [0.3, 0.4) is 0 Å². The molecule has 2 fully saturated rings. The van der Waals surface area contributed by atoms with E-state index < -0.39 is 8.56 Å². The van der Waals surface area contributed by atoms with E-state index in [1.165, 1.54) is 51.4 Å². The Hall–Kier alpha value is 0.137. The van der Waals surface area contributed by atoms with Crippen molar-refractivity contribution in [1.29, 1.82) is 0 Å². The summed E-state index contributed by atoms with van der Waals surface area (Å²) in [6, 6.07) is 0. The van der Waals surface area contributed by atoms with Crippen LogP contribution in [0.4, 0.5) is 0 Å². The van der Waals surface area contributed by atoms with Crippen LogP contribution in [0.2, 0.25) is 11.1 Å². The van der Waals surface area contributed by atoms with Crippen LogP contribution in [-0.2, 0) is 8.85 Å². The summed E-state index contributed by atoms with van der Waals surface area (Å²) >= 11 is 0. The third kappa shape index (κ3) is 2.68. The maximum Gasteiger partial charge on any atom is 0.344 e. The van der Waals surface area contributed by atoms with Gasteiger partial charge in [-0.05, 0) is 37.5 Å². The highest BCUT2D eigenvalue weighted by molar-refractivity contribution is 6.70. The first-order valence-corrected chi connectivity index (χ1v) is 9.61. The molecular formula is C15H30O2Si. The average molecular weight is 270 g/mol. The lowest BCUT2D eigenvalue weighted by Crippen LogP contribution is -2.51. The molecule has 0 bridgehead atoms. The maximum atomic E-state index is 6.12. The Kier molecular flexibility index (Phi) is 4.55. The van der Waals surface area contributed by atoms with Crippen molar-refractivity contribution in [3.63, 3.8) is 0 Å². The second-order valence-electron chi connectivity index (χ2n) is 7.07. The third-order valence-electron chi connectivity index (χ3n) is 5.34. The van der Waals surface area contributed by atoms with E-state index in [0.717, 1.165) is 5.54 Å². The number of rotatable bonds is 4. The molecule has 2 rings (SSSR count). The first-order chi connectivity index (χ1) is 8.54. The second kappa shape index (κ2) is 5.64. The molecule has 0 amide bonds. The Morgan fingerprint density at radius 1 is 0.889 bits per heavy atom. The summed E-state index contributed by atoms with van der Waals surface area (Å²) < 4.78 is 12.2. The van der Waals surface area contributed by atoms with Gasteiger partial charge in [0, 0.05) is 25.3 Å². The van der Waals surface area contributed by atoms with E-state index in [1.807, 2.05) is 14.2 Å². The van der Waals surface area contributed by atoms with E-state index in [-0.39, 0.29) is 0 Å². The van der Waals surface area contributed by atoms with Gasteiger partial charge in [-0.3, -0.25) is 0 Å². The minimum absolute atomic E-state index is 0.483. The Labute approximate surface area is 114 Å². The monoisotopic (exact) mass is 270 g/mol. The fourth-order valence-electron chi connectivity index (χ4n) is 4.45. The first kappa shape index (κ1) is 14.5. The minimum Gasteiger partial charge on any atom is -0.397 e. The molecule has 1 atom stereocenters. The Morgan fingerprint density at radius 3 is 1.94 bits per heavy atom. The molecule has 0 aromatic carbocycles. The molecule has 0 radical (unpaired) electrons. The molecule has 0 N–H and O–H groups in total. The molecule has 0 saturated heterocycles. The van der Waals surface area contributed by atoms with Gasteiger partial charge in [-0.2, -0.15) is 0 Å². The van der Waals surface area contributed by atoms with Crippen LogP contribution in [-0.4, -0.2) is 22.8 Å². The molecule has 2 aliphatic rings. The highest BCUT2D eigenvalue weighted by atomic mass is 28.4. The smallest absolute Gasteiger partial charge is 0.344 e. The van der Waals surface area contributed by atoms with Gasteiger partial charge in [0.25, 0.3) is 0 Å². The van der Waals surface area contributed by atoms with Crippen LogP contribution in [0, 0.1) is 5.41 Å². The van der Waals surface area contributed by atoms with Crippen molar-refractivity contribution < 1.29 is 8.85 Å². The summed E-state index contributed by atoms with van der Waals surface area (Å²) in [4.78, 5) is 0. The second-order valence-corrected chi connectivity index (χ2v) is 11.0. The van der Waals surface area contributed by atoms with Crippen LogP contribution in [0.25, 0.3) is 0 Å². The Bertz CT molecular complexity index is 268. The van der Waals surface area contributed by atoms with E-state index in [9.17, 15) is 0 Å². The molecule has 0 aromatic heterocycles. The van der Waals surface area contributed by atoms with Gasteiger partial charge in [-0.1, -0.05) is 33.1 Å². The van der Waals surface area contributed by atoms with Crippen LogP contribution in [0.15, 0.2) is 0 Å². The molecule has 1 unspecified atom stereocenters. The molecule has 0 heterocycles. The van der Waals surface area contributed by atoms with Gasteiger partial charge in [0.15, 0.2) is 0 Å². The molecule has 0 aromatic rings. The highest BCUT2D eigenvalue weighted by Gasteiger charge is 2.53. The fraction of sp³-hybridized carbons (Fsp3) is 1.00. The molecule has 2 aliphatic carbocycles. The lowest BCUT2D eigenvalue weighted by molar-refractivity contribution is 0.167. The predicted octanol–water partition coefficient (Wildman–Crippen LogP) is 4.64. The standard InChI is InChI=1S/C15H30O2Si/c1-15(2)11-7-10-14(12-15)18(16-3,17-4)13-8-5-6-9-13/h13-14H,5-12H2,1-4H3. The van der Waals surface area contributed by atoms with Crippen molar-refractivity contribution in [3.05, 3.63) is 0 Å². The van der Waals surface area contributed by atoms with E-state index in [1.54, 1.807) is 0 Å². The summed E-state index contributed by atoms with van der Waals surface area (Å²) in [5.41, 5.74) is 1.93. The number of hydrogen-bond acceptors (Lipinski definition) is 2. The fourth-order valence-corrected chi connectivity index (χ4v) is 9.28. The summed E-state index contributed by atoms with van der Waals surface area (Å²) in [6.45, 7) is 4.83. The molecule has 18 heavy (non-hydrogen) atoms. The van der Waals surface area contributed by atoms with Crippen molar-refractivity contribution in [2.45, 2.75) is 76.3 Å². The van der Waals surface area contributed by atoms with Crippen LogP contribution in [0.1, 0.15) is 65.2 Å². The minimum atomic E-state index is -2.00. The van der Waals surface area contributed by atoms with Gasteiger partial charge >= 0.3 is 8.56 Å². The summed E-state index contributed by atoms with van der Waals surface area (Å²) in [6.07, 6.45) is 10.8. The molecule has 2 saturated carbocycles. The molecule has 0 aliphatic heterocycles. The highest BCUT2D eigenvalue weighted by Crippen LogP contribution is 2.53. The lowest BCUT2D eigenvalue weighted by Gasteiger charge is -2.45. The Morgan fingerprint density at radius 2 is 1.44 bits per heavy atom. The van der Waals surface area contributed by atoms with Gasteiger partial charge in [0.1, 0.15) is 0 Å². The topological polar surface area (TPSA) is 18.5 Å². The van der Waals surface area contributed by atoms with Crippen LogP contribution in [0.5, 0.6) is 0 Å². The van der Waals surface area contributed by atoms with Gasteiger partial charge < -0.3 is 8.85 Å². The first-order valence-electron chi connectivity index (χ1n) is 7.64. The molecule has 3 heteroatoms. The van der Waals surface area contributed by atoms with Gasteiger partial charge in [-0.15, -0.1) is 0 Å². The molecular weight excluding hydrogens is 240 g/mol. The van der Waals surface area contributed by atoms with E-state index >= 15 is 0 Å². The van der Waals surface area contributed by atoms with Gasteiger partial charge in [-0.25, -0.2) is 0 Å². The number of hydrogen-bond donors (Lipinski definition) is 0. The van der Waals surface area contributed by atoms with Gasteiger partial charge in [0.2, 0.25) is 0 Å². The SMILES string of the molecule is CO[Si](OC)(C1CCCC1)C1CCCC(C)(C)C1. The lowest BCUT2D eigenvalue weighted by atomic mass is 9.77. The molecule has 106 valence electrons. The predicted molar refractivity (Wildman–Crippen MR) is 78.0 cm³/mol. The van der Waals surface area contributed by atoms with Crippen molar-refractivity contribution in [2.24, 2.45) is 5.41 Å². The zero-order chi connectivity index (χ0) is 13.2. The summed E-state index contributed by atoms with van der Waals surface area (Å²) in [5.74, 6) is 0. The van der Waals surface area contributed by atoms with E-state index in [0.29, 0.717) is 11.0 Å². The van der Waals surface area contributed by atoms with Crippen molar-refractivity contribution in [2.75, 3.05) is 14.2 Å². The molecule has 0 spiro atoms. The zero-order valence-corrected chi connectivity index (χ0v) is 13.6. The Balaban J connectivity index is 2.17. The van der Waals surface area contributed by atoms with Crippen molar-refractivity contribution in [1.82, 2.24) is 0 Å². The zero-order valence-electron chi connectivity index (χ0n) is 12.6. The van der Waals surface area contributed by atoms with Gasteiger partial charge in [0.05, 0.1) is 0 Å². The van der Waals surface area contributed by atoms with E-state index in [4.69, 9.17) is 8.85 Å². The van der Waals surface area contributed by atoms with Crippen molar-refractivity contribution in [3.8, 4) is 0 Å². The van der Waals surface area contributed by atoms with E-state index in [2.05, 4.69) is 13.8 Å². The normalized spacial score (nSPS) is 29.7. The quantitative estimate of drug-likeness (QED) is 0.693. The largest absolute Gasteiger partial charge is 0.397 e. The maximum absolute atomic E-state index is 6.12. The van der Waals surface area contributed by atoms with Crippen LogP contribution < -0.4 is 0 Å². The third-order valence-corrected chi connectivity index (χ3v) is 9.96.